The van der Waals surface area contributed by atoms with E-state index in [4.69, 9.17) is 10.5 Å². The highest BCUT2D eigenvalue weighted by Crippen LogP contribution is 2.35. The van der Waals surface area contributed by atoms with Gasteiger partial charge >= 0.3 is 0 Å². The quantitative estimate of drug-likeness (QED) is 0.883. The van der Waals surface area contributed by atoms with Crippen LogP contribution in [0.5, 0.6) is 5.75 Å². The number of benzene rings is 1. The smallest absolute Gasteiger partial charge is 0.141 e. The summed E-state index contributed by atoms with van der Waals surface area (Å²) in [6, 6.07) is 10.7. The zero-order chi connectivity index (χ0) is 15.3. The van der Waals surface area contributed by atoms with Crippen molar-refractivity contribution in [3.8, 4) is 5.75 Å². The average Bonchev–Trinajstić information content (AvgIpc) is 2.53. The molecule has 2 aromatic rings. The normalized spacial score (nSPS) is 13.7. The first-order valence-corrected chi connectivity index (χ1v) is 7.25. The van der Waals surface area contributed by atoms with E-state index in [1.807, 2.05) is 31.2 Å². The zero-order valence-electron chi connectivity index (χ0n) is 12.5. The van der Waals surface area contributed by atoms with Crippen molar-refractivity contribution in [1.29, 1.82) is 0 Å². The molecule has 0 fully saturated rings. The van der Waals surface area contributed by atoms with Crippen molar-refractivity contribution >= 4 is 0 Å². The van der Waals surface area contributed by atoms with E-state index in [0.29, 0.717) is 18.7 Å². The van der Waals surface area contributed by atoms with Gasteiger partial charge in [0.2, 0.25) is 0 Å². The van der Waals surface area contributed by atoms with Crippen LogP contribution < -0.4 is 10.5 Å². The minimum Gasteiger partial charge on any atom is -0.493 e. The minimum atomic E-state index is -0.794. The van der Waals surface area contributed by atoms with E-state index in [9.17, 15) is 4.39 Å². The Hall–Kier alpha value is -1.94. The maximum atomic E-state index is 13.1. The summed E-state index contributed by atoms with van der Waals surface area (Å²) in [7, 11) is 0. The molecule has 0 saturated heterocycles. The second-order valence-electron chi connectivity index (χ2n) is 5.03. The first kappa shape index (κ1) is 15.4. The number of rotatable bonds is 6. The second-order valence-corrected chi connectivity index (χ2v) is 5.03. The first-order chi connectivity index (χ1) is 10.1. The summed E-state index contributed by atoms with van der Waals surface area (Å²) < 4.78 is 18.9. The fraction of sp³-hybridized carbons (Fsp3) is 0.353. The Kier molecular flexibility index (Phi) is 4.91. The molecule has 0 spiro atoms. The second kappa shape index (κ2) is 6.68. The van der Waals surface area contributed by atoms with E-state index in [1.54, 1.807) is 6.07 Å². The third kappa shape index (κ3) is 3.22. The van der Waals surface area contributed by atoms with Crippen molar-refractivity contribution in [2.75, 3.05) is 6.61 Å². The van der Waals surface area contributed by atoms with E-state index in [-0.39, 0.29) is 5.82 Å². The van der Waals surface area contributed by atoms with Gasteiger partial charge in [-0.2, -0.15) is 0 Å². The van der Waals surface area contributed by atoms with Crippen molar-refractivity contribution in [1.82, 2.24) is 4.98 Å². The summed E-state index contributed by atoms with van der Waals surface area (Å²) in [5, 5.41) is 0. The number of hydrogen-bond acceptors (Lipinski definition) is 3. The lowest BCUT2D eigenvalue weighted by molar-refractivity contribution is 0.306. The van der Waals surface area contributed by atoms with Gasteiger partial charge in [-0.1, -0.05) is 32.0 Å². The molecule has 1 heterocycles. The summed E-state index contributed by atoms with van der Waals surface area (Å²) in [6.07, 6.45) is 2.76. The summed E-state index contributed by atoms with van der Waals surface area (Å²) >= 11 is 0. The van der Waals surface area contributed by atoms with Gasteiger partial charge in [0.25, 0.3) is 0 Å². The Morgan fingerprint density at radius 1 is 1.19 bits per heavy atom. The van der Waals surface area contributed by atoms with Crippen LogP contribution in [0.25, 0.3) is 0 Å². The van der Waals surface area contributed by atoms with E-state index < -0.39 is 5.54 Å². The summed E-state index contributed by atoms with van der Waals surface area (Å²) in [6.45, 7) is 4.68. The van der Waals surface area contributed by atoms with Gasteiger partial charge in [0.1, 0.15) is 11.6 Å². The average molecular weight is 288 g/mol. The molecular formula is C17H21FN2O. The molecule has 0 aliphatic heterocycles. The zero-order valence-corrected chi connectivity index (χ0v) is 12.5. The Morgan fingerprint density at radius 3 is 2.57 bits per heavy atom. The molecule has 112 valence electrons. The molecule has 1 unspecified atom stereocenters. The number of nitrogens with two attached hydrogens (primary N) is 1. The van der Waals surface area contributed by atoms with Crippen LogP contribution in [0, 0.1) is 5.82 Å². The van der Waals surface area contributed by atoms with Crippen molar-refractivity contribution < 1.29 is 9.13 Å². The molecule has 21 heavy (non-hydrogen) atoms. The van der Waals surface area contributed by atoms with Crippen LogP contribution in [0.3, 0.4) is 0 Å². The van der Waals surface area contributed by atoms with E-state index in [2.05, 4.69) is 11.9 Å². The molecule has 1 atom stereocenters. The van der Waals surface area contributed by atoms with Crippen LogP contribution in [0.2, 0.25) is 0 Å². The van der Waals surface area contributed by atoms with Gasteiger partial charge in [0, 0.05) is 5.56 Å². The lowest BCUT2D eigenvalue weighted by Gasteiger charge is -2.30. The summed E-state index contributed by atoms with van der Waals surface area (Å²) in [5.41, 5.74) is 7.32. The van der Waals surface area contributed by atoms with E-state index >= 15 is 0 Å². The number of aromatic nitrogens is 1. The lowest BCUT2D eigenvalue weighted by atomic mass is 9.84. The summed E-state index contributed by atoms with van der Waals surface area (Å²) in [4.78, 5) is 4.16. The van der Waals surface area contributed by atoms with E-state index in [0.717, 1.165) is 17.7 Å². The maximum Gasteiger partial charge on any atom is 0.141 e. The monoisotopic (exact) mass is 288 g/mol. The Bertz CT molecular complexity index is 586. The van der Waals surface area contributed by atoms with Crippen molar-refractivity contribution in [3.05, 3.63) is 59.7 Å². The third-order valence-corrected chi connectivity index (χ3v) is 3.57. The number of halogens is 1. The molecule has 1 aromatic heterocycles. The molecule has 0 aliphatic rings. The van der Waals surface area contributed by atoms with Crippen LogP contribution in [0.15, 0.2) is 42.6 Å². The summed E-state index contributed by atoms with van der Waals surface area (Å²) in [5.74, 6) is 0.391. The van der Waals surface area contributed by atoms with Crippen LogP contribution >= 0.6 is 0 Å². The van der Waals surface area contributed by atoms with Gasteiger partial charge in [0.05, 0.1) is 24.0 Å². The molecule has 0 amide bonds. The Labute approximate surface area is 125 Å². The SMILES string of the molecule is CCCOc1ccccc1C(N)(CC)c1ccc(F)cn1. The first-order valence-electron chi connectivity index (χ1n) is 7.25. The predicted octanol–water partition coefficient (Wildman–Crippen LogP) is 3.62. The number of nitrogens with zero attached hydrogens (tertiary/aromatic N) is 1. The minimum absolute atomic E-state index is 0.368. The van der Waals surface area contributed by atoms with Gasteiger partial charge in [-0.3, -0.25) is 4.98 Å². The van der Waals surface area contributed by atoms with Gasteiger partial charge in [-0.05, 0) is 31.0 Å². The standard InChI is InChI=1S/C17H21FN2O/c1-3-11-21-15-8-6-5-7-14(15)17(19,4-2)16-10-9-13(18)12-20-16/h5-10,12H,3-4,11,19H2,1-2H3. The number of para-hydroxylation sites is 1. The van der Waals surface area contributed by atoms with Crippen LogP contribution in [0.1, 0.15) is 37.9 Å². The molecule has 0 saturated carbocycles. The molecule has 3 nitrogen and oxygen atoms in total. The van der Waals surface area contributed by atoms with Crippen LogP contribution in [-0.4, -0.2) is 11.6 Å². The van der Waals surface area contributed by atoms with Crippen LogP contribution in [-0.2, 0) is 5.54 Å². The molecule has 0 aliphatic carbocycles. The predicted molar refractivity (Wildman–Crippen MR) is 81.7 cm³/mol. The highest BCUT2D eigenvalue weighted by molar-refractivity contribution is 5.44. The molecule has 4 heteroatoms. The fourth-order valence-electron chi connectivity index (χ4n) is 2.32. The van der Waals surface area contributed by atoms with Crippen molar-refractivity contribution in [2.45, 2.75) is 32.2 Å². The molecule has 1 aromatic carbocycles. The fourth-order valence-corrected chi connectivity index (χ4v) is 2.32. The largest absolute Gasteiger partial charge is 0.493 e. The third-order valence-electron chi connectivity index (χ3n) is 3.57. The van der Waals surface area contributed by atoms with Gasteiger partial charge in [-0.25, -0.2) is 4.39 Å². The maximum absolute atomic E-state index is 13.1. The Morgan fingerprint density at radius 2 is 1.95 bits per heavy atom. The van der Waals surface area contributed by atoms with Gasteiger partial charge in [0.15, 0.2) is 0 Å². The highest BCUT2D eigenvalue weighted by atomic mass is 19.1. The number of pyridine rings is 1. The Balaban J connectivity index is 2.47. The number of hydrogen-bond donors (Lipinski definition) is 1. The lowest BCUT2D eigenvalue weighted by Crippen LogP contribution is -2.38. The molecule has 2 rings (SSSR count). The van der Waals surface area contributed by atoms with Crippen molar-refractivity contribution in [2.24, 2.45) is 5.73 Å². The van der Waals surface area contributed by atoms with Gasteiger partial charge < -0.3 is 10.5 Å². The van der Waals surface area contributed by atoms with Gasteiger partial charge in [-0.15, -0.1) is 0 Å². The van der Waals surface area contributed by atoms with E-state index in [1.165, 1.54) is 12.3 Å². The van der Waals surface area contributed by atoms with Crippen LogP contribution in [0.4, 0.5) is 4.39 Å². The molecule has 2 N–H and O–H groups in total. The topological polar surface area (TPSA) is 48.1 Å². The van der Waals surface area contributed by atoms with Crippen molar-refractivity contribution in [3.63, 3.8) is 0 Å². The molecule has 0 radical (unpaired) electrons. The molecule has 0 bridgehead atoms. The number of ether oxygens (including phenoxy) is 1. The highest BCUT2D eigenvalue weighted by Gasteiger charge is 2.32. The molecular weight excluding hydrogens is 267 g/mol.